The van der Waals surface area contributed by atoms with Crippen molar-refractivity contribution in [1.82, 2.24) is 5.32 Å². The summed E-state index contributed by atoms with van der Waals surface area (Å²) in [5.74, 6) is -0.850. The monoisotopic (exact) mass is 247 g/mol. The smallest absolute Gasteiger partial charge is 0.303 e. The van der Waals surface area contributed by atoms with Gasteiger partial charge < -0.3 is 10.4 Å². The molecular weight excluding hydrogens is 230 g/mol. The molecule has 0 fully saturated rings. The van der Waals surface area contributed by atoms with Crippen molar-refractivity contribution in [3.63, 3.8) is 0 Å². The van der Waals surface area contributed by atoms with E-state index in [1.54, 1.807) is 0 Å². The van der Waals surface area contributed by atoms with Gasteiger partial charge in [-0.1, -0.05) is 36.4 Å². The second kappa shape index (κ2) is 7.27. The maximum atomic E-state index is 10.7. The zero-order chi connectivity index (χ0) is 13.4. The fraction of sp³-hybridized carbons (Fsp3) is 0.286. The Labute approximate surface area is 106 Å². The van der Waals surface area contributed by atoms with Gasteiger partial charge in [-0.25, -0.2) is 0 Å². The molecule has 0 aliphatic heterocycles. The van der Waals surface area contributed by atoms with Crippen LogP contribution < -0.4 is 5.32 Å². The van der Waals surface area contributed by atoms with Crippen LogP contribution in [-0.4, -0.2) is 23.5 Å². The van der Waals surface area contributed by atoms with Gasteiger partial charge in [0.15, 0.2) is 0 Å². The fourth-order valence-corrected chi connectivity index (χ4v) is 1.50. The number of amides is 1. The molecule has 0 aliphatic carbocycles. The van der Waals surface area contributed by atoms with Crippen LogP contribution in [0.3, 0.4) is 0 Å². The zero-order valence-electron chi connectivity index (χ0n) is 10.3. The first-order valence-corrected chi connectivity index (χ1v) is 5.79. The molecule has 18 heavy (non-hydrogen) atoms. The van der Waals surface area contributed by atoms with Gasteiger partial charge in [-0.05, 0) is 17.5 Å². The molecule has 1 rings (SSSR count). The molecular formula is C14H17NO3. The summed E-state index contributed by atoms with van der Waals surface area (Å²) < 4.78 is 0. The number of aryl methyl sites for hydroxylation is 1. The number of benzene rings is 1. The lowest BCUT2D eigenvalue weighted by Gasteiger charge is -2.01. The van der Waals surface area contributed by atoms with Crippen molar-refractivity contribution >= 4 is 18.0 Å². The van der Waals surface area contributed by atoms with Gasteiger partial charge in [0.25, 0.3) is 0 Å². The minimum atomic E-state index is -0.790. The van der Waals surface area contributed by atoms with Crippen molar-refractivity contribution in [2.75, 3.05) is 6.54 Å². The van der Waals surface area contributed by atoms with Gasteiger partial charge in [0.2, 0.25) is 5.91 Å². The molecule has 0 aliphatic rings. The Kier molecular flexibility index (Phi) is 5.64. The number of carbonyl (C=O) groups is 2. The van der Waals surface area contributed by atoms with E-state index < -0.39 is 5.97 Å². The standard InChI is InChI=1S/C14H17NO3/c1-11(16)15-9-3-6-12-4-2-5-13(10-12)7-8-14(17)18/h2-6,10H,7-9H2,1H3,(H,15,16)(H,17,18). The van der Waals surface area contributed by atoms with Crippen LogP contribution in [0.1, 0.15) is 24.5 Å². The number of aliphatic carboxylic acids is 1. The molecule has 0 saturated carbocycles. The Bertz CT molecular complexity index is 452. The van der Waals surface area contributed by atoms with Crippen molar-refractivity contribution in [1.29, 1.82) is 0 Å². The number of carbonyl (C=O) groups excluding carboxylic acids is 1. The Morgan fingerprint density at radius 1 is 1.39 bits per heavy atom. The van der Waals surface area contributed by atoms with Gasteiger partial charge in [-0.3, -0.25) is 9.59 Å². The Balaban J connectivity index is 2.53. The number of carboxylic acid groups (broad SMARTS) is 1. The number of nitrogens with one attached hydrogen (secondary N) is 1. The average molecular weight is 247 g/mol. The van der Waals surface area contributed by atoms with E-state index in [-0.39, 0.29) is 12.3 Å². The normalized spacial score (nSPS) is 10.5. The second-order valence-electron chi connectivity index (χ2n) is 3.98. The van der Waals surface area contributed by atoms with E-state index in [2.05, 4.69) is 5.32 Å². The van der Waals surface area contributed by atoms with Crippen LogP contribution in [0.25, 0.3) is 6.08 Å². The SMILES string of the molecule is CC(=O)NCC=Cc1cccc(CCC(=O)O)c1. The summed E-state index contributed by atoms with van der Waals surface area (Å²) >= 11 is 0. The average Bonchev–Trinajstić information content (AvgIpc) is 2.32. The van der Waals surface area contributed by atoms with E-state index >= 15 is 0 Å². The van der Waals surface area contributed by atoms with Crippen LogP contribution >= 0.6 is 0 Å². The second-order valence-corrected chi connectivity index (χ2v) is 3.98. The third kappa shape index (κ3) is 5.84. The van der Waals surface area contributed by atoms with E-state index in [9.17, 15) is 9.59 Å². The highest BCUT2D eigenvalue weighted by Crippen LogP contribution is 2.09. The molecule has 0 unspecified atom stereocenters. The van der Waals surface area contributed by atoms with Crippen LogP contribution in [0.2, 0.25) is 0 Å². The van der Waals surface area contributed by atoms with E-state index in [1.165, 1.54) is 6.92 Å². The molecule has 0 aromatic heterocycles. The van der Waals surface area contributed by atoms with Crippen molar-refractivity contribution in [2.24, 2.45) is 0 Å². The summed E-state index contributed by atoms with van der Waals surface area (Å²) in [7, 11) is 0. The Morgan fingerprint density at radius 2 is 2.17 bits per heavy atom. The van der Waals surface area contributed by atoms with Crippen LogP contribution in [0.15, 0.2) is 30.3 Å². The van der Waals surface area contributed by atoms with Gasteiger partial charge in [-0.2, -0.15) is 0 Å². The molecule has 0 spiro atoms. The zero-order valence-corrected chi connectivity index (χ0v) is 10.3. The van der Waals surface area contributed by atoms with Crippen molar-refractivity contribution in [3.8, 4) is 0 Å². The minimum Gasteiger partial charge on any atom is -0.481 e. The molecule has 1 aromatic carbocycles. The van der Waals surface area contributed by atoms with Crippen molar-refractivity contribution < 1.29 is 14.7 Å². The van der Waals surface area contributed by atoms with Crippen LogP contribution in [0.5, 0.6) is 0 Å². The molecule has 2 N–H and O–H groups in total. The topological polar surface area (TPSA) is 66.4 Å². The Morgan fingerprint density at radius 3 is 2.83 bits per heavy atom. The largest absolute Gasteiger partial charge is 0.481 e. The summed E-state index contributed by atoms with van der Waals surface area (Å²) in [5.41, 5.74) is 2.00. The highest BCUT2D eigenvalue weighted by Gasteiger charge is 1.99. The lowest BCUT2D eigenvalue weighted by molar-refractivity contribution is -0.137. The molecule has 4 nitrogen and oxygen atoms in total. The molecule has 96 valence electrons. The lowest BCUT2D eigenvalue weighted by atomic mass is 10.1. The van der Waals surface area contributed by atoms with Gasteiger partial charge >= 0.3 is 5.97 Å². The van der Waals surface area contributed by atoms with E-state index in [0.717, 1.165) is 11.1 Å². The van der Waals surface area contributed by atoms with Gasteiger partial charge in [0.1, 0.15) is 0 Å². The summed E-state index contributed by atoms with van der Waals surface area (Å²) in [4.78, 5) is 21.1. The number of hydrogen-bond donors (Lipinski definition) is 2. The van der Waals surface area contributed by atoms with E-state index in [1.807, 2.05) is 36.4 Å². The molecule has 0 atom stereocenters. The van der Waals surface area contributed by atoms with E-state index in [4.69, 9.17) is 5.11 Å². The molecule has 0 bridgehead atoms. The fourth-order valence-electron chi connectivity index (χ4n) is 1.50. The molecule has 0 radical (unpaired) electrons. The third-order valence-electron chi connectivity index (χ3n) is 2.36. The van der Waals surface area contributed by atoms with Gasteiger partial charge in [0.05, 0.1) is 0 Å². The number of carboxylic acids is 1. The predicted molar refractivity (Wildman–Crippen MR) is 70.1 cm³/mol. The minimum absolute atomic E-state index is 0.0603. The lowest BCUT2D eigenvalue weighted by Crippen LogP contribution is -2.19. The Hall–Kier alpha value is -2.10. The first kappa shape index (κ1) is 14.0. The summed E-state index contributed by atoms with van der Waals surface area (Å²) in [6.45, 7) is 1.97. The summed E-state index contributed by atoms with van der Waals surface area (Å²) in [5, 5.41) is 11.3. The molecule has 0 heterocycles. The highest BCUT2D eigenvalue weighted by molar-refractivity contribution is 5.73. The van der Waals surface area contributed by atoms with Crippen LogP contribution in [0, 0.1) is 0 Å². The maximum absolute atomic E-state index is 10.7. The third-order valence-corrected chi connectivity index (χ3v) is 2.36. The number of rotatable bonds is 6. The maximum Gasteiger partial charge on any atom is 0.303 e. The first-order valence-electron chi connectivity index (χ1n) is 5.79. The van der Waals surface area contributed by atoms with Crippen LogP contribution in [0.4, 0.5) is 0 Å². The molecule has 4 heteroatoms. The van der Waals surface area contributed by atoms with Gasteiger partial charge in [-0.15, -0.1) is 0 Å². The van der Waals surface area contributed by atoms with Gasteiger partial charge in [0, 0.05) is 19.9 Å². The highest BCUT2D eigenvalue weighted by atomic mass is 16.4. The summed E-state index contributed by atoms with van der Waals surface area (Å²) in [6, 6.07) is 7.70. The summed E-state index contributed by atoms with van der Waals surface area (Å²) in [6.07, 6.45) is 4.43. The molecule has 1 aromatic rings. The van der Waals surface area contributed by atoms with Crippen LogP contribution in [-0.2, 0) is 16.0 Å². The molecule has 1 amide bonds. The molecule has 0 saturated heterocycles. The van der Waals surface area contributed by atoms with Crippen molar-refractivity contribution in [3.05, 3.63) is 41.5 Å². The van der Waals surface area contributed by atoms with E-state index in [0.29, 0.717) is 13.0 Å². The number of hydrogen-bond acceptors (Lipinski definition) is 2. The van der Waals surface area contributed by atoms with Crippen molar-refractivity contribution in [2.45, 2.75) is 19.8 Å². The quantitative estimate of drug-likeness (QED) is 0.806. The predicted octanol–water partition coefficient (Wildman–Crippen LogP) is 1.85. The first-order chi connectivity index (χ1) is 8.58.